The molecular formula is C15H10FN3O3S. The van der Waals surface area contributed by atoms with Gasteiger partial charge in [-0.3, -0.25) is 10.1 Å². The molecule has 2 aromatic carbocycles. The number of rotatable bonds is 5. The van der Waals surface area contributed by atoms with E-state index in [1.807, 2.05) is 0 Å². The molecule has 3 aromatic rings. The summed E-state index contributed by atoms with van der Waals surface area (Å²) in [5, 5.41) is 18.8. The second kappa shape index (κ2) is 6.57. The van der Waals surface area contributed by atoms with Crippen LogP contribution in [0.15, 0.2) is 58.2 Å². The molecule has 1 heterocycles. The zero-order valence-corrected chi connectivity index (χ0v) is 12.5. The predicted octanol–water partition coefficient (Wildman–Crippen LogP) is 4.08. The number of aromatic nitrogens is 2. The van der Waals surface area contributed by atoms with Gasteiger partial charge in [0.05, 0.1) is 4.92 Å². The number of benzene rings is 2. The quantitative estimate of drug-likeness (QED) is 0.398. The van der Waals surface area contributed by atoms with E-state index in [-0.39, 0.29) is 22.6 Å². The van der Waals surface area contributed by atoms with Crippen molar-refractivity contribution in [3.8, 4) is 11.5 Å². The molecule has 116 valence electrons. The van der Waals surface area contributed by atoms with Gasteiger partial charge in [-0.25, -0.2) is 4.39 Å². The second-order valence-electron chi connectivity index (χ2n) is 4.56. The van der Waals surface area contributed by atoms with Crippen LogP contribution in [0.25, 0.3) is 11.5 Å². The Bertz CT molecular complexity index is 853. The van der Waals surface area contributed by atoms with Gasteiger partial charge < -0.3 is 4.42 Å². The smallest absolute Gasteiger partial charge is 0.277 e. The first-order valence-electron chi connectivity index (χ1n) is 6.58. The van der Waals surface area contributed by atoms with Crippen LogP contribution in [0.3, 0.4) is 0 Å². The zero-order chi connectivity index (χ0) is 16.2. The van der Waals surface area contributed by atoms with Crippen molar-refractivity contribution in [1.29, 1.82) is 0 Å². The molecule has 0 saturated carbocycles. The van der Waals surface area contributed by atoms with Gasteiger partial charge in [0, 0.05) is 23.4 Å². The molecule has 0 spiro atoms. The van der Waals surface area contributed by atoms with Crippen LogP contribution in [0, 0.1) is 15.9 Å². The third-order valence-electron chi connectivity index (χ3n) is 3.02. The summed E-state index contributed by atoms with van der Waals surface area (Å²) in [6.07, 6.45) is 0. The summed E-state index contributed by atoms with van der Waals surface area (Å²) in [4.78, 5) is 10.3. The van der Waals surface area contributed by atoms with E-state index in [4.69, 9.17) is 4.42 Å². The van der Waals surface area contributed by atoms with Gasteiger partial charge in [0.25, 0.3) is 10.9 Å². The lowest BCUT2D eigenvalue weighted by molar-refractivity contribution is -0.384. The van der Waals surface area contributed by atoms with Crippen molar-refractivity contribution in [2.45, 2.75) is 11.0 Å². The maximum Gasteiger partial charge on any atom is 0.277 e. The fourth-order valence-corrected chi connectivity index (χ4v) is 2.64. The number of halogens is 1. The average molecular weight is 331 g/mol. The van der Waals surface area contributed by atoms with Crippen LogP contribution in [0.4, 0.5) is 10.1 Å². The Hall–Kier alpha value is -2.74. The fraction of sp³-hybridized carbons (Fsp3) is 0.0667. The lowest BCUT2D eigenvalue weighted by Crippen LogP contribution is -1.88. The normalized spacial score (nSPS) is 10.7. The maximum absolute atomic E-state index is 13.5. The Balaban J connectivity index is 1.74. The molecule has 0 atom stereocenters. The van der Waals surface area contributed by atoms with E-state index < -0.39 is 4.92 Å². The molecule has 0 aliphatic carbocycles. The van der Waals surface area contributed by atoms with Crippen molar-refractivity contribution in [2.75, 3.05) is 0 Å². The number of nitrogens with zero attached hydrogens (tertiary/aromatic N) is 3. The fourth-order valence-electron chi connectivity index (χ4n) is 1.89. The monoisotopic (exact) mass is 331 g/mol. The molecule has 3 rings (SSSR count). The first-order valence-corrected chi connectivity index (χ1v) is 7.56. The van der Waals surface area contributed by atoms with Crippen LogP contribution in [0.1, 0.15) is 5.56 Å². The molecule has 0 aliphatic heterocycles. The third kappa shape index (κ3) is 3.54. The van der Waals surface area contributed by atoms with Gasteiger partial charge in [0.2, 0.25) is 5.89 Å². The van der Waals surface area contributed by atoms with Gasteiger partial charge in [-0.05, 0) is 17.7 Å². The molecule has 6 nitrogen and oxygen atoms in total. The molecule has 0 aliphatic rings. The SMILES string of the molecule is O=[N+]([O-])c1cccc(-c2nnc(SCc3ccccc3F)o2)c1. The van der Waals surface area contributed by atoms with Crippen LogP contribution in [-0.4, -0.2) is 15.1 Å². The highest BCUT2D eigenvalue weighted by Crippen LogP contribution is 2.27. The zero-order valence-electron chi connectivity index (χ0n) is 11.7. The van der Waals surface area contributed by atoms with Crippen molar-refractivity contribution < 1.29 is 13.7 Å². The largest absolute Gasteiger partial charge is 0.411 e. The highest BCUT2D eigenvalue weighted by atomic mass is 32.2. The van der Waals surface area contributed by atoms with Crippen molar-refractivity contribution in [3.05, 3.63) is 70.0 Å². The molecule has 0 unspecified atom stereocenters. The number of nitro benzene ring substituents is 1. The van der Waals surface area contributed by atoms with Crippen LogP contribution < -0.4 is 0 Å². The van der Waals surface area contributed by atoms with Crippen LogP contribution >= 0.6 is 11.8 Å². The van der Waals surface area contributed by atoms with E-state index in [2.05, 4.69) is 10.2 Å². The summed E-state index contributed by atoms with van der Waals surface area (Å²) in [6, 6.07) is 12.4. The Morgan fingerprint density at radius 2 is 2.00 bits per heavy atom. The molecule has 8 heteroatoms. The van der Waals surface area contributed by atoms with E-state index >= 15 is 0 Å². The van der Waals surface area contributed by atoms with E-state index in [1.165, 1.54) is 30.0 Å². The van der Waals surface area contributed by atoms with E-state index in [1.54, 1.807) is 30.3 Å². The molecule has 1 aromatic heterocycles. The summed E-state index contributed by atoms with van der Waals surface area (Å²) >= 11 is 1.20. The maximum atomic E-state index is 13.5. The number of nitro groups is 1. The Morgan fingerprint density at radius 1 is 1.17 bits per heavy atom. The Kier molecular flexibility index (Phi) is 4.33. The molecule has 0 saturated heterocycles. The van der Waals surface area contributed by atoms with Gasteiger partial charge in [-0.2, -0.15) is 0 Å². The number of hydrogen-bond acceptors (Lipinski definition) is 6. The summed E-state index contributed by atoms with van der Waals surface area (Å²) in [5.74, 6) is 0.242. The minimum absolute atomic E-state index is 0.0544. The Morgan fingerprint density at radius 3 is 2.78 bits per heavy atom. The topological polar surface area (TPSA) is 82.1 Å². The van der Waals surface area contributed by atoms with Gasteiger partial charge in [-0.1, -0.05) is 36.0 Å². The van der Waals surface area contributed by atoms with E-state index in [0.717, 1.165) is 0 Å². The molecule has 0 amide bonds. The summed E-state index contributed by atoms with van der Waals surface area (Å²) in [7, 11) is 0. The van der Waals surface area contributed by atoms with Crippen molar-refractivity contribution in [1.82, 2.24) is 10.2 Å². The van der Waals surface area contributed by atoms with Crippen molar-refractivity contribution in [2.24, 2.45) is 0 Å². The number of hydrogen-bond donors (Lipinski definition) is 0. The molecule has 0 radical (unpaired) electrons. The molecule has 0 N–H and O–H groups in total. The van der Waals surface area contributed by atoms with Crippen LogP contribution in [0.5, 0.6) is 0 Å². The van der Waals surface area contributed by atoms with Crippen LogP contribution in [-0.2, 0) is 5.75 Å². The predicted molar refractivity (Wildman–Crippen MR) is 82.3 cm³/mol. The van der Waals surface area contributed by atoms with E-state index in [9.17, 15) is 14.5 Å². The third-order valence-corrected chi connectivity index (χ3v) is 3.89. The molecule has 0 bridgehead atoms. The van der Waals surface area contributed by atoms with Gasteiger partial charge in [-0.15, -0.1) is 10.2 Å². The minimum Gasteiger partial charge on any atom is -0.411 e. The minimum atomic E-state index is -0.492. The highest BCUT2D eigenvalue weighted by Gasteiger charge is 2.13. The van der Waals surface area contributed by atoms with Crippen LogP contribution in [0.2, 0.25) is 0 Å². The summed E-state index contributed by atoms with van der Waals surface area (Å²) < 4.78 is 19.0. The lowest BCUT2D eigenvalue weighted by atomic mass is 10.2. The molecule has 0 fully saturated rings. The van der Waals surface area contributed by atoms with Crippen molar-refractivity contribution >= 4 is 17.4 Å². The second-order valence-corrected chi connectivity index (χ2v) is 5.49. The van der Waals surface area contributed by atoms with E-state index in [0.29, 0.717) is 16.9 Å². The van der Waals surface area contributed by atoms with Gasteiger partial charge in [0.1, 0.15) is 5.82 Å². The Labute approximate surface area is 134 Å². The van der Waals surface area contributed by atoms with Crippen molar-refractivity contribution in [3.63, 3.8) is 0 Å². The number of thioether (sulfide) groups is 1. The first-order chi connectivity index (χ1) is 11.1. The standard InChI is InChI=1S/C15H10FN3O3S/c16-13-7-2-1-4-11(13)9-23-15-18-17-14(22-15)10-5-3-6-12(8-10)19(20)21/h1-8H,9H2. The molecule has 23 heavy (non-hydrogen) atoms. The number of non-ortho nitro benzene ring substituents is 1. The summed E-state index contributed by atoms with van der Waals surface area (Å²) in [5.41, 5.74) is 0.943. The highest BCUT2D eigenvalue weighted by molar-refractivity contribution is 7.98. The van der Waals surface area contributed by atoms with Gasteiger partial charge in [0.15, 0.2) is 0 Å². The summed E-state index contributed by atoms with van der Waals surface area (Å²) in [6.45, 7) is 0. The lowest BCUT2D eigenvalue weighted by Gasteiger charge is -1.99. The first kappa shape index (κ1) is 15.2. The average Bonchev–Trinajstić information content (AvgIpc) is 3.03. The molecular weight excluding hydrogens is 321 g/mol. The van der Waals surface area contributed by atoms with Gasteiger partial charge >= 0.3 is 0 Å².